The summed E-state index contributed by atoms with van der Waals surface area (Å²) in [6, 6.07) is 18.9. The van der Waals surface area contributed by atoms with Gasteiger partial charge in [0.1, 0.15) is 4.32 Å². The van der Waals surface area contributed by atoms with Crippen molar-refractivity contribution >= 4 is 52.0 Å². The second-order valence-corrected chi connectivity index (χ2v) is 11.8. The zero-order chi connectivity index (χ0) is 24.2. The molecule has 1 saturated heterocycles. The average molecular weight is 520 g/mol. The fourth-order valence-corrected chi connectivity index (χ4v) is 6.79. The molecule has 4 nitrogen and oxygen atoms in total. The lowest BCUT2D eigenvalue weighted by Gasteiger charge is -2.29. The molecule has 0 spiro atoms. The monoisotopic (exact) mass is 519 g/mol. The number of amides is 1. The molecule has 5 rings (SSSR count). The fourth-order valence-electron chi connectivity index (χ4n) is 4.63. The Bertz CT molecular complexity index is 1230. The van der Waals surface area contributed by atoms with Gasteiger partial charge in [-0.3, -0.25) is 9.69 Å². The van der Waals surface area contributed by atoms with Crippen molar-refractivity contribution in [1.82, 2.24) is 14.7 Å². The van der Waals surface area contributed by atoms with E-state index in [4.69, 9.17) is 17.3 Å². The van der Waals surface area contributed by atoms with Gasteiger partial charge in [0.15, 0.2) is 0 Å². The first kappa shape index (κ1) is 24.3. The highest BCUT2D eigenvalue weighted by molar-refractivity contribution is 8.26. The minimum Gasteiger partial charge on any atom is -0.290 e. The van der Waals surface area contributed by atoms with Crippen molar-refractivity contribution in [3.63, 3.8) is 0 Å². The molecule has 7 heteroatoms. The number of aromatic nitrogens is 2. The summed E-state index contributed by atoms with van der Waals surface area (Å²) in [6.07, 6.45) is 10.8. The molecule has 1 saturated carbocycles. The Labute approximate surface area is 221 Å². The van der Waals surface area contributed by atoms with Gasteiger partial charge in [0, 0.05) is 28.3 Å². The molecule has 0 radical (unpaired) electrons. The molecule has 0 N–H and O–H groups in total. The number of rotatable bonds is 7. The lowest BCUT2D eigenvalue weighted by atomic mass is 9.94. The first-order valence-electron chi connectivity index (χ1n) is 12.3. The van der Waals surface area contributed by atoms with Gasteiger partial charge in [-0.1, -0.05) is 80.5 Å². The zero-order valence-corrected chi connectivity index (χ0v) is 22.3. The number of para-hydroxylation sites is 1. The molecule has 2 fully saturated rings. The lowest BCUT2D eigenvalue weighted by Crippen LogP contribution is -2.39. The van der Waals surface area contributed by atoms with Crippen LogP contribution in [0.5, 0.6) is 0 Å². The maximum atomic E-state index is 13.4. The fraction of sp³-hybridized carbons (Fsp3) is 0.321. The van der Waals surface area contributed by atoms with E-state index in [9.17, 15) is 4.79 Å². The number of hydrogen-bond acceptors (Lipinski definition) is 5. The zero-order valence-electron chi connectivity index (χ0n) is 19.9. The number of carbonyl (C=O) groups is 1. The van der Waals surface area contributed by atoms with Crippen LogP contribution >= 0.6 is 35.7 Å². The summed E-state index contributed by atoms with van der Waals surface area (Å²) in [7, 11) is 0. The van der Waals surface area contributed by atoms with Crippen molar-refractivity contribution < 1.29 is 4.79 Å². The summed E-state index contributed by atoms with van der Waals surface area (Å²) in [5, 5.41) is 4.94. The normalized spacial score (nSPS) is 18.1. The molecule has 180 valence electrons. The number of thiocarbonyl (C=S) groups is 1. The van der Waals surface area contributed by atoms with Gasteiger partial charge in [-0.2, -0.15) is 5.10 Å². The van der Waals surface area contributed by atoms with Crippen molar-refractivity contribution in [1.29, 1.82) is 0 Å². The van der Waals surface area contributed by atoms with Crippen LogP contribution in [-0.2, 0) is 4.79 Å². The minimum atomic E-state index is 0.0385. The SMILES string of the molecule is CCCSc1ccc(-c2nn(-c3ccccc3)cc2C=C2SC(=S)N(C3CCCCC3)C2=O)cc1. The third-order valence-corrected chi connectivity index (χ3v) is 8.96. The lowest BCUT2D eigenvalue weighted by molar-refractivity contribution is -0.124. The first-order chi connectivity index (χ1) is 17.1. The van der Waals surface area contributed by atoms with Crippen molar-refractivity contribution in [3.8, 4) is 16.9 Å². The largest absolute Gasteiger partial charge is 0.290 e. The van der Waals surface area contributed by atoms with E-state index < -0.39 is 0 Å². The number of benzene rings is 2. The van der Waals surface area contributed by atoms with Crippen LogP contribution in [0.1, 0.15) is 51.0 Å². The third-order valence-electron chi connectivity index (χ3n) is 6.41. The van der Waals surface area contributed by atoms with Crippen LogP contribution in [0.25, 0.3) is 23.0 Å². The van der Waals surface area contributed by atoms with E-state index in [1.165, 1.54) is 35.9 Å². The molecule has 3 aromatic rings. The van der Waals surface area contributed by atoms with E-state index in [1.807, 2.05) is 63.9 Å². The van der Waals surface area contributed by atoms with Gasteiger partial charge in [0.05, 0.1) is 16.3 Å². The third kappa shape index (κ3) is 5.42. The molecule has 1 amide bonds. The maximum Gasteiger partial charge on any atom is 0.266 e. The molecular weight excluding hydrogens is 491 g/mol. The van der Waals surface area contributed by atoms with Crippen LogP contribution in [-0.4, -0.2) is 36.7 Å². The molecule has 0 unspecified atom stereocenters. The van der Waals surface area contributed by atoms with E-state index in [0.29, 0.717) is 9.23 Å². The Morgan fingerprint density at radius 3 is 2.54 bits per heavy atom. The average Bonchev–Trinajstić information content (AvgIpc) is 3.44. The van der Waals surface area contributed by atoms with Gasteiger partial charge >= 0.3 is 0 Å². The van der Waals surface area contributed by atoms with Gasteiger partial charge < -0.3 is 0 Å². The summed E-state index contributed by atoms with van der Waals surface area (Å²) >= 11 is 8.94. The first-order valence-corrected chi connectivity index (χ1v) is 14.5. The van der Waals surface area contributed by atoms with E-state index in [-0.39, 0.29) is 11.9 Å². The van der Waals surface area contributed by atoms with Crippen molar-refractivity contribution in [2.75, 3.05) is 5.75 Å². The quantitative estimate of drug-likeness (QED) is 0.183. The number of hydrogen-bond donors (Lipinski definition) is 0. The predicted octanol–water partition coefficient (Wildman–Crippen LogP) is 7.58. The van der Waals surface area contributed by atoms with Gasteiger partial charge in [0.2, 0.25) is 0 Å². The molecular formula is C28H29N3OS3. The summed E-state index contributed by atoms with van der Waals surface area (Å²) in [5.74, 6) is 1.15. The van der Waals surface area contributed by atoms with E-state index in [0.717, 1.165) is 47.5 Å². The van der Waals surface area contributed by atoms with Gasteiger partial charge in [0.25, 0.3) is 5.91 Å². The van der Waals surface area contributed by atoms with Crippen molar-refractivity contribution in [2.24, 2.45) is 0 Å². The maximum absolute atomic E-state index is 13.4. The Morgan fingerprint density at radius 2 is 1.83 bits per heavy atom. The van der Waals surface area contributed by atoms with Crippen LogP contribution in [0, 0.1) is 0 Å². The molecule has 2 aliphatic rings. The second kappa shape index (κ2) is 11.1. The predicted molar refractivity (Wildman–Crippen MR) is 152 cm³/mol. The van der Waals surface area contributed by atoms with E-state index in [1.54, 1.807) is 0 Å². The van der Waals surface area contributed by atoms with Crippen molar-refractivity contribution in [2.45, 2.75) is 56.4 Å². The molecule has 1 aliphatic heterocycles. The molecule has 35 heavy (non-hydrogen) atoms. The molecule has 1 aromatic heterocycles. The highest BCUT2D eigenvalue weighted by atomic mass is 32.2. The summed E-state index contributed by atoms with van der Waals surface area (Å²) in [5.41, 5.74) is 3.81. The summed E-state index contributed by atoms with van der Waals surface area (Å²) < 4.78 is 2.57. The minimum absolute atomic E-state index is 0.0385. The number of carbonyl (C=O) groups excluding carboxylic acids is 1. The van der Waals surface area contributed by atoms with Gasteiger partial charge in [-0.05, 0) is 55.4 Å². The topological polar surface area (TPSA) is 38.1 Å². The van der Waals surface area contributed by atoms with Crippen molar-refractivity contribution in [3.05, 3.63) is 71.3 Å². The van der Waals surface area contributed by atoms with E-state index in [2.05, 4.69) is 31.2 Å². The Hall–Kier alpha value is -2.35. The Morgan fingerprint density at radius 1 is 1.09 bits per heavy atom. The molecule has 1 aliphatic carbocycles. The Kier molecular flexibility index (Phi) is 7.75. The van der Waals surface area contributed by atoms with Crippen LogP contribution in [0.4, 0.5) is 0 Å². The molecule has 2 heterocycles. The highest BCUT2D eigenvalue weighted by Crippen LogP contribution is 2.38. The standard InChI is InChI=1S/C28H29N3OS3/c1-2-17-34-24-15-13-20(14-16-24)26-21(19-30(29-26)22-9-5-3-6-10-22)18-25-27(32)31(28(33)35-25)23-11-7-4-8-12-23/h3,5-6,9-10,13-16,18-19,23H,2,4,7-8,11-12,17H2,1H3. The van der Waals surface area contributed by atoms with Crippen LogP contribution in [0.2, 0.25) is 0 Å². The number of thioether (sulfide) groups is 2. The Balaban J connectivity index is 1.50. The molecule has 0 bridgehead atoms. The van der Waals surface area contributed by atoms with Gasteiger partial charge in [-0.15, -0.1) is 11.8 Å². The highest BCUT2D eigenvalue weighted by Gasteiger charge is 2.37. The summed E-state index contributed by atoms with van der Waals surface area (Å²) in [6.45, 7) is 2.20. The second-order valence-electron chi connectivity index (χ2n) is 8.93. The van der Waals surface area contributed by atoms with Gasteiger partial charge in [-0.25, -0.2) is 4.68 Å². The van der Waals surface area contributed by atoms with Crippen LogP contribution in [0.15, 0.2) is 70.6 Å². The smallest absolute Gasteiger partial charge is 0.266 e. The van der Waals surface area contributed by atoms with Crippen LogP contribution < -0.4 is 0 Å². The molecule has 2 aromatic carbocycles. The van der Waals surface area contributed by atoms with Crippen LogP contribution in [0.3, 0.4) is 0 Å². The molecule has 0 atom stereocenters. The summed E-state index contributed by atoms with van der Waals surface area (Å²) in [4.78, 5) is 17.2. The van der Waals surface area contributed by atoms with E-state index >= 15 is 0 Å². The number of nitrogens with zero attached hydrogens (tertiary/aromatic N) is 3.